The standard InChI is InChI=1S/C41H36F2N8O3/c1-23-15-29(16-24(2)36(23)42)51-38(50-13-12-49(40(50)53)35-6-4-27-20-44-45-21-30(27)37(35)43)31-22-48(11-7-33(31)47-51)39(52)34-18-28-17-25(3-5-32(28)46-34)26-8-14-54-41(19-26)9-10-41/h3-6,12-13,15-18,20-21,26,46H,7-11,14,19,22H2,1-2H3/t26-/m0/s1. The Balaban J connectivity index is 1.03. The van der Waals surface area contributed by atoms with Gasteiger partial charge < -0.3 is 14.6 Å². The van der Waals surface area contributed by atoms with Gasteiger partial charge in [0.1, 0.15) is 17.3 Å². The molecule has 0 radical (unpaired) electrons. The van der Waals surface area contributed by atoms with Crippen LogP contribution in [0, 0.1) is 25.5 Å². The molecule has 1 N–H and O–H groups in total. The highest BCUT2D eigenvalue weighted by molar-refractivity contribution is 5.98. The van der Waals surface area contributed by atoms with Gasteiger partial charge in [-0.2, -0.15) is 15.3 Å². The van der Waals surface area contributed by atoms with Crippen molar-refractivity contribution in [2.75, 3.05) is 13.2 Å². The summed E-state index contributed by atoms with van der Waals surface area (Å²) in [4.78, 5) is 33.6. The number of aryl methyl sites for hydroxylation is 2. The Kier molecular flexibility index (Phi) is 7.28. The van der Waals surface area contributed by atoms with E-state index in [0.717, 1.165) is 48.9 Å². The topological polar surface area (TPSA) is 116 Å². The van der Waals surface area contributed by atoms with Gasteiger partial charge in [0, 0.05) is 59.2 Å². The molecule has 0 bridgehead atoms. The fraction of sp³-hybridized carbons (Fsp3) is 0.293. The number of nitrogens with one attached hydrogen (secondary N) is 1. The SMILES string of the molecule is Cc1cc(-n2nc3c(c2-n2ccn(-c4ccc5cnncc5c4F)c2=O)CN(C(=O)c2cc4cc([C@H]5CCOC6(CC6)C5)ccc4[nH]2)CC3)cc(C)c1F. The molecule has 4 aromatic heterocycles. The summed E-state index contributed by atoms with van der Waals surface area (Å²) < 4.78 is 41.0. The lowest BCUT2D eigenvalue weighted by Gasteiger charge is -2.30. The van der Waals surface area contributed by atoms with Crippen molar-refractivity contribution in [1.29, 1.82) is 0 Å². The number of hydrogen-bond donors (Lipinski definition) is 1. The molecular weight excluding hydrogens is 690 g/mol. The predicted octanol–water partition coefficient (Wildman–Crippen LogP) is 6.76. The smallest absolute Gasteiger partial charge is 0.338 e. The van der Waals surface area contributed by atoms with Crippen molar-refractivity contribution in [3.8, 4) is 17.2 Å². The first-order valence-corrected chi connectivity index (χ1v) is 18.3. The van der Waals surface area contributed by atoms with E-state index in [9.17, 15) is 14.0 Å². The molecule has 13 heteroatoms. The molecule has 7 aromatic rings. The maximum absolute atomic E-state index is 15.8. The molecule has 6 heterocycles. The third-order valence-corrected chi connectivity index (χ3v) is 11.5. The molecule has 1 atom stereocenters. The Morgan fingerprint density at radius 1 is 0.944 bits per heavy atom. The van der Waals surface area contributed by atoms with Crippen LogP contribution in [0.25, 0.3) is 38.9 Å². The summed E-state index contributed by atoms with van der Waals surface area (Å²) in [5, 5.41) is 14.4. The molecular formula is C41H36F2N8O3. The van der Waals surface area contributed by atoms with Crippen LogP contribution in [-0.4, -0.2) is 63.7 Å². The summed E-state index contributed by atoms with van der Waals surface area (Å²) in [5.41, 5.74) is 5.04. The fourth-order valence-electron chi connectivity index (χ4n) is 8.43. The molecule has 1 saturated heterocycles. The maximum Gasteiger partial charge on any atom is 0.338 e. The molecule has 3 aliphatic rings. The third kappa shape index (κ3) is 5.20. The zero-order valence-electron chi connectivity index (χ0n) is 29.8. The van der Waals surface area contributed by atoms with Crippen LogP contribution in [0.3, 0.4) is 0 Å². The first-order chi connectivity index (χ1) is 26.2. The Hall–Kier alpha value is -5.95. The molecule has 2 fully saturated rings. The number of imidazole rings is 1. The number of amides is 1. The normalized spacial score (nSPS) is 17.8. The van der Waals surface area contributed by atoms with E-state index in [0.29, 0.717) is 58.2 Å². The van der Waals surface area contributed by atoms with Crippen LogP contribution in [-0.2, 0) is 17.7 Å². The number of ether oxygens (including phenoxy) is 1. The van der Waals surface area contributed by atoms with E-state index in [1.807, 2.05) is 6.07 Å². The first-order valence-electron chi connectivity index (χ1n) is 18.3. The minimum atomic E-state index is -0.607. The van der Waals surface area contributed by atoms with Crippen LogP contribution in [0.2, 0.25) is 0 Å². The third-order valence-electron chi connectivity index (χ3n) is 11.5. The van der Waals surface area contributed by atoms with Crippen molar-refractivity contribution < 1.29 is 18.3 Å². The second-order valence-electron chi connectivity index (χ2n) is 15.0. The number of carbonyl (C=O) groups excluding carboxylic acids is 1. The number of nitrogens with zero attached hydrogens (tertiary/aromatic N) is 7. The summed E-state index contributed by atoms with van der Waals surface area (Å²) in [6.07, 6.45) is 10.6. The number of benzene rings is 3. The highest BCUT2D eigenvalue weighted by Gasteiger charge is 2.48. The number of halogens is 2. The number of hydrogen-bond acceptors (Lipinski definition) is 6. The molecule has 1 spiro atoms. The van der Waals surface area contributed by atoms with E-state index < -0.39 is 11.5 Å². The fourth-order valence-corrected chi connectivity index (χ4v) is 8.43. The number of fused-ring (bicyclic) bond motifs is 3. The maximum atomic E-state index is 15.8. The molecule has 1 amide bonds. The van der Waals surface area contributed by atoms with E-state index in [2.05, 4.69) is 33.4 Å². The highest BCUT2D eigenvalue weighted by atomic mass is 19.1. The summed E-state index contributed by atoms with van der Waals surface area (Å²) in [5.74, 6) is -0.257. The molecule has 2 aliphatic heterocycles. The van der Waals surface area contributed by atoms with Crippen molar-refractivity contribution in [2.24, 2.45) is 0 Å². The second kappa shape index (κ2) is 12.0. The van der Waals surface area contributed by atoms with E-state index in [4.69, 9.17) is 9.84 Å². The lowest BCUT2D eigenvalue weighted by Crippen LogP contribution is -2.36. The van der Waals surface area contributed by atoms with Crippen molar-refractivity contribution >= 4 is 27.6 Å². The van der Waals surface area contributed by atoms with Gasteiger partial charge in [0.05, 0.1) is 41.6 Å². The predicted molar refractivity (Wildman–Crippen MR) is 198 cm³/mol. The number of carbonyl (C=O) groups is 1. The van der Waals surface area contributed by atoms with Gasteiger partial charge in [-0.1, -0.05) is 12.1 Å². The van der Waals surface area contributed by atoms with Gasteiger partial charge in [0.15, 0.2) is 5.82 Å². The Morgan fingerprint density at radius 3 is 2.56 bits per heavy atom. The zero-order valence-corrected chi connectivity index (χ0v) is 29.8. The monoisotopic (exact) mass is 726 g/mol. The second-order valence-corrected chi connectivity index (χ2v) is 15.0. The summed E-state index contributed by atoms with van der Waals surface area (Å²) in [7, 11) is 0. The molecule has 3 aromatic carbocycles. The minimum Gasteiger partial charge on any atom is -0.375 e. The van der Waals surface area contributed by atoms with Crippen molar-refractivity contribution in [3.63, 3.8) is 0 Å². The van der Waals surface area contributed by atoms with E-state index in [-0.39, 0.29) is 34.9 Å². The Morgan fingerprint density at radius 2 is 1.74 bits per heavy atom. The van der Waals surface area contributed by atoms with Crippen LogP contribution in [0.1, 0.15) is 70.0 Å². The van der Waals surface area contributed by atoms with Gasteiger partial charge in [-0.3, -0.25) is 13.9 Å². The molecule has 10 rings (SSSR count). The number of aromatic nitrogens is 7. The number of H-pyrrole nitrogens is 1. The van der Waals surface area contributed by atoms with Crippen molar-refractivity contribution in [2.45, 2.75) is 64.0 Å². The summed E-state index contributed by atoms with van der Waals surface area (Å²) in [6, 6.07) is 14.9. The molecule has 11 nitrogen and oxygen atoms in total. The van der Waals surface area contributed by atoms with Crippen LogP contribution < -0.4 is 5.69 Å². The van der Waals surface area contributed by atoms with E-state index in [1.165, 1.54) is 39.4 Å². The lowest BCUT2D eigenvalue weighted by molar-refractivity contribution is -0.0132. The van der Waals surface area contributed by atoms with Crippen LogP contribution in [0.4, 0.5) is 8.78 Å². The zero-order chi connectivity index (χ0) is 36.9. The van der Waals surface area contributed by atoms with Crippen LogP contribution in [0.5, 0.6) is 0 Å². The van der Waals surface area contributed by atoms with Crippen LogP contribution in [0.15, 0.2) is 78.1 Å². The highest BCUT2D eigenvalue weighted by Crippen LogP contribution is 2.50. The molecule has 54 heavy (non-hydrogen) atoms. The van der Waals surface area contributed by atoms with Gasteiger partial charge in [-0.15, -0.1) is 0 Å². The van der Waals surface area contributed by atoms with Crippen molar-refractivity contribution in [3.05, 3.63) is 129 Å². The van der Waals surface area contributed by atoms with E-state index in [1.54, 1.807) is 47.8 Å². The van der Waals surface area contributed by atoms with Crippen molar-refractivity contribution in [1.82, 2.24) is 39.0 Å². The quantitative estimate of drug-likeness (QED) is 0.210. The molecule has 0 unspecified atom stereocenters. The molecule has 1 saturated carbocycles. The van der Waals surface area contributed by atoms with Gasteiger partial charge in [-0.25, -0.2) is 18.3 Å². The average molecular weight is 727 g/mol. The Labute approximate surface area is 307 Å². The Bertz CT molecular complexity index is 2720. The lowest BCUT2D eigenvalue weighted by atomic mass is 9.87. The van der Waals surface area contributed by atoms with Gasteiger partial charge >= 0.3 is 5.69 Å². The van der Waals surface area contributed by atoms with E-state index >= 15 is 4.39 Å². The van der Waals surface area contributed by atoms with Crippen LogP contribution >= 0.6 is 0 Å². The largest absolute Gasteiger partial charge is 0.375 e. The molecule has 272 valence electrons. The summed E-state index contributed by atoms with van der Waals surface area (Å²) in [6.45, 7) is 4.73. The minimum absolute atomic E-state index is 0.0512. The van der Waals surface area contributed by atoms with Gasteiger partial charge in [0.2, 0.25) is 0 Å². The number of rotatable bonds is 5. The first kappa shape index (κ1) is 32.7. The number of aromatic amines is 1. The average Bonchev–Trinajstić information content (AvgIpc) is 3.47. The summed E-state index contributed by atoms with van der Waals surface area (Å²) >= 11 is 0. The van der Waals surface area contributed by atoms with Gasteiger partial charge in [-0.05, 0) is 98.5 Å². The van der Waals surface area contributed by atoms with Gasteiger partial charge in [0.25, 0.3) is 5.91 Å². The molecule has 1 aliphatic carbocycles.